The van der Waals surface area contributed by atoms with Crippen molar-refractivity contribution in [2.45, 2.75) is 19.8 Å². The lowest BCUT2D eigenvalue weighted by atomic mass is 10.2. The third-order valence-electron chi connectivity index (χ3n) is 2.46. The van der Waals surface area contributed by atoms with Gasteiger partial charge in [-0.15, -0.1) is 12.4 Å². The maximum atomic E-state index is 12.8. The van der Waals surface area contributed by atoms with Gasteiger partial charge in [-0.1, -0.05) is 13.3 Å². The Hall–Kier alpha value is -1.55. The molecule has 0 aliphatic carbocycles. The van der Waals surface area contributed by atoms with Gasteiger partial charge in [0.05, 0.1) is 23.3 Å². The summed E-state index contributed by atoms with van der Waals surface area (Å²) in [6.45, 7) is 2.08. The standard InChI is InChI=1S/C12H14FN3.ClH/c1-2-3-12-11(14)8-15-16(12)10-6-4-9(13)5-7-10;/h4-8H,2-3,14H2,1H3;1H. The topological polar surface area (TPSA) is 43.8 Å². The zero-order valence-corrected chi connectivity index (χ0v) is 10.4. The first-order valence-electron chi connectivity index (χ1n) is 5.30. The summed E-state index contributed by atoms with van der Waals surface area (Å²) in [5.41, 5.74) is 8.34. The minimum atomic E-state index is -0.249. The van der Waals surface area contributed by atoms with Crippen LogP contribution in [0.25, 0.3) is 5.69 Å². The molecule has 0 spiro atoms. The van der Waals surface area contributed by atoms with E-state index in [0.29, 0.717) is 5.69 Å². The number of aromatic nitrogens is 2. The molecule has 0 aliphatic rings. The van der Waals surface area contributed by atoms with Gasteiger partial charge in [-0.25, -0.2) is 9.07 Å². The van der Waals surface area contributed by atoms with Gasteiger partial charge in [0.15, 0.2) is 0 Å². The zero-order chi connectivity index (χ0) is 11.5. The van der Waals surface area contributed by atoms with Gasteiger partial charge in [0.25, 0.3) is 0 Å². The van der Waals surface area contributed by atoms with Gasteiger partial charge in [-0.05, 0) is 30.7 Å². The van der Waals surface area contributed by atoms with Crippen molar-refractivity contribution in [1.82, 2.24) is 9.78 Å². The van der Waals surface area contributed by atoms with Crippen LogP contribution >= 0.6 is 12.4 Å². The maximum Gasteiger partial charge on any atom is 0.123 e. The molecule has 17 heavy (non-hydrogen) atoms. The molecular formula is C12H15ClFN3. The highest BCUT2D eigenvalue weighted by molar-refractivity contribution is 5.85. The van der Waals surface area contributed by atoms with Crippen molar-refractivity contribution in [2.75, 3.05) is 5.73 Å². The summed E-state index contributed by atoms with van der Waals surface area (Å²) in [6.07, 6.45) is 3.49. The van der Waals surface area contributed by atoms with E-state index in [1.54, 1.807) is 23.0 Å². The van der Waals surface area contributed by atoms with Crippen molar-refractivity contribution in [3.8, 4) is 5.69 Å². The minimum Gasteiger partial charge on any atom is -0.396 e. The summed E-state index contributed by atoms with van der Waals surface area (Å²) >= 11 is 0. The quantitative estimate of drug-likeness (QED) is 0.916. The highest BCUT2D eigenvalue weighted by atomic mass is 35.5. The SMILES string of the molecule is CCCc1c(N)cnn1-c1ccc(F)cc1.Cl. The number of rotatable bonds is 3. The molecule has 0 atom stereocenters. The number of halogens is 2. The highest BCUT2D eigenvalue weighted by Crippen LogP contribution is 2.18. The monoisotopic (exact) mass is 255 g/mol. The molecule has 1 aromatic carbocycles. The second-order valence-corrected chi connectivity index (χ2v) is 3.68. The third-order valence-corrected chi connectivity index (χ3v) is 2.46. The van der Waals surface area contributed by atoms with Crippen LogP contribution < -0.4 is 5.73 Å². The van der Waals surface area contributed by atoms with Crippen molar-refractivity contribution in [3.05, 3.63) is 42.0 Å². The van der Waals surface area contributed by atoms with E-state index in [1.165, 1.54) is 12.1 Å². The van der Waals surface area contributed by atoms with Crippen LogP contribution in [0, 0.1) is 5.82 Å². The van der Waals surface area contributed by atoms with Crippen molar-refractivity contribution in [3.63, 3.8) is 0 Å². The van der Waals surface area contributed by atoms with Gasteiger partial charge in [0.1, 0.15) is 5.82 Å². The van der Waals surface area contributed by atoms with Gasteiger partial charge in [0, 0.05) is 0 Å². The predicted octanol–water partition coefficient (Wildman–Crippen LogP) is 2.97. The second kappa shape index (κ2) is 5.68. The summed E-state index contributed by atoms with van der Waals surface area (Å²) in [6, 6.07) is 6.23. The van der Waals surface area contributed by atoms with Crippen LogP contribution in [0.5, 0.6) is 0 Å². The molecule has 2 N–H and O–H groups in total. The minimum absolute atomic E-state index is 0. The van der Waals surface area contributed by atoms with E-state index in [4.69, 9.17) is 5.73 Å². The van der Waals surface area contributed by atoms with E-state index in [9.17, 15) is 4.39 Å². The van der Waals surface area contributed by atoms with Crippen LogP contribution in [0.15, 0.2) is 30.5 Å². The Balaban J connectivity index is 0.00000144. The second-order valence-electron chi connectivity index (χ2n) is 3.68. The van der Waals surface area contributed by atoms with Gasteiger partial charge >= 0.3 is 0 Å². The van der Waals surface area contributed by atoms with E-state index in [-0.39, 0.29) is 18.2 Å². The smallest absolute Gasteiger partial charge is 0.123 e. The fraction of sp³-hybridized carbons (Fsp3) is 0.250. The van der Waals surface area contributed by atoms with Crippen molar-refractivity contribution in [2.24, 2.45) is 0 Å². The number of benzene rings is 1. The summed E-state index contributed by atoms with van der Waals surface area (Å²) < 4.78 is 14.6. The molecule has 1 aromatic heterocycles. The Labute approximate surface area is 106 Å². The molecule has 1 heterocycles. The lowest BCUT2D eigenvalue weighted by Crippen LogP contribution is -2.03. The van der Waals surface area contributed by atoms with E-state index < -0.39 is 0 Å². The molecule has 0 amide bonds. The molecule has 0 aliphatic heterocycles. The van der Waals surface area contributed by atoms with E-state index >= 15 is 0 Å². The van der Waals surface area contributed by atoms with Crippen LogP contribution in [0.2, 0.25) is 0 Å². The maximum absolute atomic E-state index is 12.8. The molecule has 0 fully saturated rings. The number of anilines is 1. The molecule has 0 bridgehead atoms. The first-order chi connectivity index (χ1) is 7.72. The largest absolute Gasteiger partial charge is 0.396 e. The number of hydrogen-bond acceptors (Lipinski definition) is 2. The average molecular weight is 256 g/mol. The predicted molar refractivity (Wildman–Crippen MR) is 69.2 cm³/mol. The zero-order valence-electron chi connectivity index (χ0n) is 9.56. The molecule has 3 nitrogen and oxygen atoms in total. The molecule has 0 radical (unpaired) electrons. The number of hydrogen-bond donors (Lipinski definition) is 1. The van der Waals surface area contributed by atoms with Crippen LogP contribution in [-0.4, -0.2) is 9.78 Å². The summed E-state index contributed by atoms with van der Waals surface area (Å²) in [5, 5.41) is 4.20. The van der Waals surface area contributed by atoms with Crippen LogP contribution in [-0.2, 0) is 6.42 Å². The van der Waals surface area contributed by atoms with Crippen LogP contribution in [0.1, 0.15) is 19.0 Å². The van der Waals surface area contributed by atoms with Gasteiger partial charge in [0.2, 0.25) is 0 Å². The van der Waals surface area contributed by atoms with E-state index in [1.807, 2.05) is 0 Å². The summed E-state index contributed by atoms with van der Waals surface area (Å²) in [7, 11) is 0. The Morgan fingerprint density at radius 2 is 1.94 bits per heavy atom. The Bertz CT molecular complexity index is 479. The van der Waals surface area contributed by atoms with Crippen LogP contribution in [0.4, 0.5) is 10.1 Å². The van der Waals surface area contributed by atoms with Crippen molar-refractivity contribution in [1.29, 1.82) is 0 Å². The Morgan fingerprint density at radius 1 is 1.29 bits per heavy atom. The van der Waals surface area contributed by atoms with E-state index in [0.717, 1.165) is 24.2 Å². The van der Waals surface area contributed by atoms with Gasteiger partial charge in [-0.3, -0.25) is 0 Å². The van der Waals surface area contributed by atoms with Crippen molar-refractivity contribution >= 4 is 18.1 Å². The average Bonchev–Trinajstić information content (AvgIpc) is 2.63. The third kappa shape index (κ3) is 2.77. The lowest BCUT2D eigenvalue weighted by Gasteiger charge is -2.07. The number of nitrogens with two attached hydrogens (primary N) is 1. The molecule has 92 valence electrons. The fourth-order valence-electron chi connectivity index (χ4n) is 1.68. The Morgan fingerprint density at radius 3 is 2.53 bits per heavy atom. The molecule has 0 unspecified atom stereocenters. The Kier molecular flexibility index (Phi) is 4.52. The molecular weight excluding hydrogens is 241 g/mol. The first kappa shape index (κ1) is 13.5. The first-order valence-corrected chi connectivity index (χ1v) is 5.30. The molecule has 5 heteroatoms. The lowest BCUT2D eigenvalue weighted by molar-refractivity contribution is 0.626. The molecule has 2 aromatic rings. The molecule has 0 saturated carbocycles. The van der Waals surface area contributed by atoms with Crippen molar-refractivity contribution < 1.29 is 4.39 Å². The molecule has 0 saturated heterocycles. The van der Waals surface area contributed by atoms with E-state index in [2.05, 4.69) is 12.0 Å². The van der Waals surface area contributed by atoms with Gasteiger partial charge in [-0.2, -0.15) is 5.10 Å². The summed E-state index contributed by atoms with van der Waals surface area (Å²) in [5.74, 6) is -0.249. The molecule has 2 rings (SSSR count). The normalized spacial score (nSPS) is 10.0. The number of nitrogens with zero attached hydrogens (tertiary/aromatic N) is 2. The number of nitrogen functional groups attached to an aromatic ring is 1. The van der Waals surface area contributed by atoms with Gasteiger partial charge < -0.3 is 5.73 Å². The summed E-state index contributed by atoms with van der Waals surface area (Å²) in [4.78, 5) is 0. The fourth-order valence-corrected chi connectivity index (χ4v) is 1.68. The van der Waals surface area contributed by atoms with Crippen LogP contribution in [0.3, 0.4) is 0 Å². The highest BCUT2D eigenvalue weighted by Gasteiger charge is 2.08.